The fourth-order valence-corrected chi connectivity index (χ4v) is 5.73. The molecule has 1 spiro atoms. The number of piperidine rings is 1. The maximum Gasteiger partial charge on any atom is 0.165 e. The monoisotopic (exact) mass is 303 g/mol. The molecule has 1 aromatic rings. The summed E-state index contributed by atoms with van der Waals surface area (Å²) in [5.74, 6) is 0.610. The fraction of sp³-hybridized carbons (Fsp3) is 0.647. The summed E-state index contributed by atoms with van der Waals surface area (Å²) >= 11 is 0. The lowest BCUT2D eigenvalue weighted by atomic mass is 9.49. The van der Waals surface area contributed by atoms with Gasteiger partial charge in [-0.25, -0.2) is 0 Å². The van der Waals surface area contributed by atoms with Crippen molar-refractivity contribution >= 4 is 0 Å². The molecule has 118 valence electrons. The number of aromatic hydroxyl groups is 1. The van der Waals surface area contributed by atoms with Crippen LogP contribution in [0.4, 0.5) is 0 Å². The van der Waals surface area contributed by atoms with E-state index in [0.717, 1.165) is 30.5 Å². The molecule has 1 saturated heterocycles. The fourth-order valence-electron chi connectivity index (χ4n) is 5.73. The number of benzene rings is 1. The van der Waals surface area contributed by atoms with E-state index in [9.17, 15) is 15.3 Å². The topological polar surface area (TPSA) is 73.2 Å². The highest BCUT2D eigenvalue weighted by molar-refractivity contribution is 5.62. The number of ether oxygens (including phenoxy) is 1. The zero-order chi connectivity index (χ0) is 15.3. The van der Waals surface area contributed by atoms with Crippen molar-refractivity contribution in [3.8, 4) is 11.5 Å². The SMILES string of the molecule is CN1CC[C@]23c4c5ccc(O)c4O[C@H]2[C@@H](O)CC[C@@]3(O)[C@@H]1C5. The van der Waals surface area contributed by atoms with Crippen molar-refractivity contribution < 1.29 is 20.1 Å². The number of likely N-dealkylation sites (tertiary alicyclic amines) is 1. The predicted octanol–water partition coefficient (Wildman–Crippen LogP) is 0.537. The van der Waals surface area contributed by atoms with Gasteiger partial charge in [0.1, 0.15) is 6.10 Å². The normalized spacial score (nSPS) is 45.3. The molecule has 1 aromatic carbocycles. The van der Waals surface area contributed by atoms with E-state index in [-0.39, 0.29) is 11.8 Å². The molecule has 4 aliphatic rings. The molecule has 0 unspecified atom stereocenters. The van der Waals surface area contributed by atoms with Crippen molar-refractivity contribution in [2.45, 2.75) is 54.9 Å². The van der Waals surface area contributed by atoms with Gasteiger partial charge in [0.2, 0.25) is 0 Å². The second-order valence-corrected chi connectivity index (χ2v) is 7.44. The standard InChI is InChI=1S/C17H21NO4/c1-18-7-6-16-13-9-2-3-10(19)14(13)22-15(16)11(20)4-5-17(16,21)12(18)8-9/h2-3,11-12,15,19-21H,4-8H2,1H3/t11-,12-,15-,16-,17+/m0/s1. The minimum atomic E-state index is -0.893. The van der Waals surface area contributed by atoms with Crippen LogP contribution in [-0.2, 0) is 11.8 Å². The molecule has 2 bridgehead atoms. The van der Waals surface area contributed by atoms with Gasteiger partial charge < -0.3 is 25.0 Å². The first-order valence-corrected chi connectivity index (χ1v) is 8.12. The van der Waals surface area contributed by atoms with Crippen LogP contribution in [0.3, 0.4) is 0 Å². The van der Waals surface area contributed by atoms with Crippen LogP contribution in [0.25, 0.3) is 0 Å². The minimum absolute atomic E-state index is 0.0443. The van der Waals surface area contributed by atoms with Crippen LogP contribution in [-0.4, -0.2) is 57.7 Å². The van der Waals surface area contributed by atoms with Crippen LogP contribution in [0.15, 0.2) is 12.1 Å². The second-order valence-electron chi connectivity index (χ2n) is 7.44. The quantitative estimate of drug-likeness (QED) is 0.652. The van der Waals surface area contributed by atoms with E-state index in [1.807, 2.05) is 6.07 Å². The average Bonchev–Trinajstić information content (AvgIpc) is 2.85. The molecule has 5 rings (SSSR count). The molecule has 3 N–H and O–H groups in total. The number of aliphatic hydroxyl groups excluding tert-OH is 1. The summed E-state index contributed by atoms with van der Waals surface area (Å²) in [7, 11) is 2.07. The molecule has 2 heterocycles. The van der Waals surface area contributed by atoms with Crippen LogP contribution in [0, 0.1) is 0 Å². The highest BCUT2D eigenvalue weighted by Gasteiger charge is 2.72. The van der Waals surface area contributed by atoms with Crippen molar-refractivity contribution in [3.63, 3.8) is 0 Å². The molecule has 2 aliphatic heterocycles. The van der Waals surface area contributed by atoms with Gasteiger partial charge in [-0.1, -0.05) is 6.07 Å². The van der Waals surface area contributed by atoms with E-state index < -0.39 is 23.2 Å². The molecule has 1 saturated carbocycles. The third kappa shape index (κ3) is 1.17. The third-order valence-corrected chi connectivity index (χ3v) is 6.70. The summed E-state index contributed by atoms with van der Waals surface area (Å²) in [6.07, 6.45) is 1.59. The van der Waals surface area contributed by atoms with Gasteiger partial charge in [0.15, 0.2) is 11.5 Å². The number of hydrogen-bond acceptors (Lipinski definition) is 5. The second kappa shape index (κ2) is 3.78. The van der Waals surface area contributed by atoms with Crippen LogP contribution < -0.4 is 4.74 Å². The average molecular weight is 303 g/mol. The first-order valence-electron chi connectivity index (χ1n) is 8.12. The Hall–Kier alpha value is -1.30. The Morgan fingerprint density at radius 2 is 2.14 bits per heavy atom. The maximum absolute atomic E-state index is 11.7. The highest BCUT2D eigenvalue weighted by Crippen LogP contribution is 2.65. The number of hydrogen-bond donors (Lipinski definition) is 3. The lowest BCUT2D eigenvalue weighted by Gasteiger charge is -2.63. The molecule has 0 radical (unpaired) electrons. The Kier molecular flexibility index (Phi) is 2.26. The van der Waals surface area contributed by atoms with Crippen LogP contribution in [0.2, 0.25) is 0 Å². The van der Waals surface area contributed by atoms with E-state index >= 15 is 0 Å². The summed E-state index contributed by atoms with van der Waals surface area (Å²) in [6, 6.07) is 3.67. The van der Waals surface area contributed by atoms with Crippen molar-refractivity contribution in [1.82, 2.24) is 4.90 Å². The number of phenolic OH excluding ortho intramolecular Hbond substituents is 1. The van der Waals surface area contributed by atoms with E-state index in [4.69, 9.17) is 4.74 Å². The Labute approximate surface area is 129 Å². The van der Waals surface area contributed by atoms with Gasteiger partial charge in [-0.3, -0.25) is 0 Å². The largest absolute Gasteiger partial charge is 0.504 e. The molecule has 22 heavy (non-hydrogen) atoms. The van der Waals surface area contributed by atoms with Crippen LogP contribution in [0.1, 0.15) is 30.4 Å². The van der Waals surface area contributed by atoms with Gasteiger partial charge in [-0.2, -0.15) is 0 Å². The first-order chi connectivity index (χ1) is 10.5. The Morgan fingerprint density at radius 1 is 1.32 bits per heavy atom. The molecule has 5 atom stereocenters. The minimum Gasteiger partial charge on any atom is -0.504 e. The molecule has 5 heteroatoms. The highest BCUT2D eigenvalue weighted by atomic mass is 16.5. The van der Waals surface area contributed by atoms with Crippen molar-refractivity contribution in [3.05, 3.63) is 23.3 Å². The molecular weight excluding hydrogens is 282 g/mol. The summed E-state index contributed by atoms with van der Waals surface area (Å²) in [5.41, 5.74) is 0.633. The van der Waals surface area contributed by atoms with E-state index in [0.29, 0.717) is 18.6 Å². The van der Waals surface area contributed by atoms with E-state index in [1.165, 1.54) is 0 Å². The van der Waals surface area contributed by atoms with E-state index in [2.05, 4.69) is 11.9 Å². The summed E-state index contributed by atoms with van der Waals surface area (Å²) in [5, 5.41) is 32.4. The number of likely N-dealkylation sites (N-methyl/N-ethyl adjacent to an activating group) is 1. The molecule has 5 nitrogen and oxygen atoms in total. The van der Waals surface area contributed by atoms with Crippen molar-refractivity contribution in [2.75, 3.05) is 13.6 Å². The summed E-state index contributed by atoms with van der Waals surface area (Å²) < 4.78 is 6.04. The molecule has 0 aromatic heterocycles. The zero-order valence-corrected chi connectivity index (χ0v) is 12.6. The van der Waals surface area contributed by atoms with Gasteiger partial charge in [-0.05, 0) is 50.9 Å². The van der Waals surface area contributed by atoms with Crippen molar-refractivity contribution in [2.24, 2.45) is 0 Å². The lowest BCUT2D eigenvalue weighted by Crippen LogP contribution is -2.76. The van der Waals surface area contributed by atoms with Gasteiger partial charge in [0.25, 0.3) is 0 Å². The number of nitrogens with zero attached hydrogens (tertiary/aromatic N) is 1. The van der Waals surface area contributed by atoms with Crippen molar-refractivity contribution in [1.29, 1.82) is 0 Å². The Bertz CT molecular complexity index is 677. The predicted molar refractivity (Wildman–Crippen MR) is 79.1 cm³/mol. The zero-order valence-electron chi connectivity index (χ0n) is 12.6. The van der Waals surface area contributed by atoms with Gasteiger partial charge >= 0.3 is 0 Å². The molecule has 2 fully saturated rings. The summed E-state index contributed by atoms with van der Waals surface area (Å²) in [4.78, 5) is 2.24. The van der Waals surface area contributed by atoms with E-state index in [1.54, 1.807) is 6.07 Å². The molecule has 0 amide bonds. The smallest absolute Gasteiger partial charge is 0.165 e. The van der Waals surface area contributed by atoms with Gasteiger partial charge in [0.05, 0.1) is 17.1 Å². The Balaban J connectivity index is 1.86. The van der Waals surface area contributed by atoms with Gasteiger partial charge in [-0.15, -0.1) is 0 Å². The molecule has 2 aliphatic carbocycles. The number of phenols is 1. The van der Waals surface area contributed by atoms with Crippen LogP contribution >= 0.6 is 0 Å². The van der Waals surface area contributed by atoms with Gasteiger partial charge in [0, 0.05) is 11.6 Å². The third-order valence-electron chi connectivity index (χ3n) is 6.70. The maximum atomic E-state index is 11.7. The molecular formula is C17H21NO4. The first kappa shape index (κ1) is 13.2. The Morgan fingerprint density at radius 3 is 2.95 bits per heavy atom. The lowest BCUT2D eigenvalue weighted by molar-refractivity contribution is -0.204. The summed E-state index contributed by atoms with van der Waals surface area (Å²) in [6.45, 7) is 0.869. The van der Waals surface area contributed by atoms with Crippen LogP contribution in [0.5, 0.6) is 11.5 Å². The number of aliphatic hydroxyl groups is 2. The number of rotatable bonds is 0.